The number of hydrogen-bond donors (Lipinski definition) is 0. The van der Waals surface area contributed by atoms with Crippen molar-refractivity contribution in [1.82, 2.24) is 10.2 Å². The zero-order valence-electron chi connectivity index (χ0n) is 11.9. The lowest BCUT2D eigenvalue weighted by Gasteiger charge is -2.14. The highest BCUT2D eigenvalue weighted by atomic mass is 35.5. The van der Waals surface area contributed by atoms with Gasteiger partial charge in [0, 0.05) is 23.3 Å². The molecule has 6 heteroatoms. The number of hydrogen-bond acceptors (Lipinski definition) is 2. The summed E-state index contributed by atoms with van der Waals surface area (Å²) in [6.45, 7) is 1.66. The van der Waals surface area contributed by atoms with Gasteiger partial charge >= 0.3 is 0 Å². The van der Waals surface area contributed by atoms with E-state index in [-0.39, 0.29) is 10.7 Å². The molecule has 23 heavy (non-hydrogen) atoms. The zero-order valence-corrected chi connectivity index (χ0v) is 12.7. The molecule has 0 N–H and O–H groups in total. The van der Waals surface area contributed by atoms with Crippen LogP contribution in [0.4, 0.5) is 13.2 Å². The van der Waals surface area contributed by atoms with Crippen LogP contribution in [0.2, 0.25) is 5.15 Å². The minimum absolute atomic E-state index is 0.0559. The van der Waals surface area contributed by atoms with E-state index in [1.807, 2.05) is 6.07 Å². The summed E-state index contributed by atoms with van der Waals surface area (Å²) in [4.78, 5) is 0. The van der Waals surface area contributed by atoms with Crippen LogP contribution in [0.1, 0.15) is 5.69 Å². The SMILES string of the molecule is Cc1nnc(Cl)c(-c2c(F)cc(F)cc2F)c1-c1ccccc1. The fourth-order valence-corrected chi connectivity index (χ4v) is 2.70. The molecule has 0 unspecified atom stereocenters. The summed E-state index contributed by atoms with van der Waals surface area (Å²) in [6.07, 6.45) is 0. The maximum absolute atomic E-state index is 14.2. The van der Waals surface area contributed by atoms with Gasteiger partial charge in [0.1, 0.15) is 17.5 Å². The highest BCUT2D eigenvalue weighted by Gasteiger charge is 2.23. The van der Waals surface area contributed by atoms with Crippen molar-refractivity contribution < 1.29 is 13.2 Å². The van der Waals surface area contributed by atoms with Crippen LogP contribution < -0.4 is 0 Å². The molecule has 3 aromatic rings. The summed E-state index contributed by atoms with van der Waals surface area (Å²) in [5.41, 5.74) is 1.22. The molecule has 0 atom stereocenters. The molecule has 0 saturated heterocycles. The maximum atomic E-state index is 14.2. The van der Waals surface area contributed by atoms with Crippen LogP contribution in [0.15, 0.2) is 42.5 Å². The van der Waals surface area contributed by atoms with E-state index in [1.165, 1.54) is 0 Å². The van der Waals surface area contributed by atoms with Crippen LogP contribution >= 0.6 is 11.6 Å². The average Bonchev–Trinajstić information content (AvgIpc) is 2.50. The van der Waals surface area contributed by atoms with Crippen LogP contribution in [-0.4, -0.2) is 10.2 Å². The smallest absolute Gasteiger partial charge is 0.160 e. The zero-order chi connectivity index (χ0) is 16.6. The average molecular weight is 335 g/mol. The van der Waals surface area contributed by atoms with Crippen molar-refractivity contribution in [2.75, 3.05) is 0 Å². The third-order valence-corrected chi connectivity index (χ3v) is 3.69. The molecule has 0 bridgehead atoms. The Morgan fingerprint density at radius 1 is 0.826 bits per heavy atom. The first-order chi connectivity index (χ1) is 11.0. The molecule has 0 saturated carbocycles. The standard InChI is InChI=1S/C17H10ClF3N2/c1-9-14(10-5-3-2-4-6-10)16(17(18)23-22-9)15-12(20)7-11(19)8-13(15)21/h2-8H,1H3. The van der Waals surface area contributed by atoms with Gasteiger partial charge in [-0.1, -0.05) is 41.9 Å². The van der Waals surface area contributed by atoms with E-state index >= 15 is 0 Å². The maximum Gasteiger partial charge on any atom is 0.160 e. The van der Waals surface area contributed by atoms with E-state index in [0.29, 0.717) is 29.0 Å². The monoisotopic (exact) mass is 334 g/mol. The summed E-state index contributed by atoms with van der Waals surface area (Å²) in [7, 11) is 0. The van der Waals surface area contributed by atoms with Gasteiger partial charge in [0.2, 0.25) is 0 Å². The predicted molar refractivity (Wildman–Crippen MR) is 82.5 cm³/mol. The van der Waals surface area contributed by atoms with Gasteiger partial charge in [-0.3, -0.25) is 0 Å². The van der Waals surface area contributed by atoms with Gasteiger partial charge in [-0.2, -0.15) is 5.10 Å². The van der Waals surface area contributed by atoms with Gasteiger partial charge in [-0.25, -0.2) is 13.2 Å². The molecule has 2 aromatic carbocycles. The first kappa shape index (κ1) is 15.5. The second kappa shape index (κ2) is 6.01. The van der Waals surface area contributed by atoms with Gasteiger partial charge in [-0.05, 0) is 12.5 Å². The van der Waals surface area contributed by atoms with Crippen molar-refractivity contribution in [3.05, 3.63) is 70.8 Å². The van der Waals surface area contributed by atoms with Crippen LogP contribution in [-0.2, 0) is 0 Å². The van der Waals surface area contributed by atoms with Crippen LogP contribution in [0.3, 0.4) is 0 Å². The third-order valence-electron chi connectivity index (χ3n) is 3.43. The van der Waals surface area contributed by atoms with E-state index in [0.717, 1.165) is 0 Å². The molecule has 0 aliphatic rings. The van der Waals surface area contributed by atoms with Gasteiger partial charge < -0.3 is 0 Å². The predicted octanol–water partition coefficient (Wildman–Crippen LogP) is 5.19. The molecule has 2 nitrogen and oxygen atoms in total. The number of halogens is 4. The Morgan fingerprint density at radius 3 is 2.04 bits per heavy atom. The van der Waals surface area contributed by atoms with Crippen molar-refractivity contribution in [2.45, 2.75) is 6.92 Å². The number of benzene rings is 2. The summed E-state index contributed by atoms with van der Waals surface area (Å²) >= 11 is 6.07. The molecule has 0 aliphatic heterocycles. The lowest BCUT2D eigenvalue weighted by molar-refractivity contribution is 0.548. The van der Waals surface area contributed by atoms with Crippen LogP contribution in [0.5, 0.6) is 0 Å². The quantitative estimate of drug-likeness (QED) is 0.644. The molecule has 0 spiro atoms. The summed E-state index contributed by atoms with van der Waals surface area (Å²) in [6, 6.07) is 10.1. The highest BCUT2D eigenvalue weighted by Crippen LogP contribution is 2.40. The topological polar surface area (TPSA) is 25.8 Å². The van der Waals surface area contributed by atoms with Crippen molar-refractivity contribution in [3.8, 4) is 22.3 Å². The molecule has 3 rings (SSSR count). The van der Waals surface area contributed by atoms with Crippen molar-refractivity contribution in [2.24, 2.45) is 0 Å². The third kappa shape index (κ3) is 2.80. The summed E-state index contributed by atoms with van der Waals surface area (Å²) in [5.74, 6) is -3.09. The molecule has 0 radical (unpaired) electrons. The minimum atomic E-state index is -1.05. The van der Waals surface area contributed by atoms with E-state index in [1.54, 1.807) is 31.2 Å². The Morgan fingerprint density at radius 2 is 1.43 bits per heavy atom. The molecule has 116 valence electrons. The Kier molecular flexibility index (Phi) is 4.05. The van der Waals surface area contributed by atoms with E-state index < -0.39 is 23.0 Å². The first-order valence-corrected chi connectivity index (χ1v) is 7.10. The van der Waals surface area contributed by atoms with E-state index in [4.69, 9.17) is 11.6 Å². The normalized spacial score (nSPS) is 10.8. The number of aryl methyl sites for hydroxylation is 1. The summed E-state index contributed by atoms with van der Waals surface area (Å²) in [5, 5.41) is 7.50. The summed E-state index contributed by atoms with van der Waals surface area (Å²) < 4.78 is 41.6. The molecule has 0 fully saturated rings. The van der Waals surface area contributed by atoms with Crippen molar-refractivity contribution in [3.63, 3.8) is 0 Å². The molecule has 0 aliphatic carbocycles. The highest BCUT2D eigenvalue weighted by molar-refractivity contribution is 6.32. The molecule has 1 heterocycles. The van der Waals surface area contributed by atoms with Gasteiger partial charge in [-0.15, -0.1) is 5.10 Å². The second-order valence-corrected chi connectivity index (χ2v) is 5.29. The molecule has 0 amide bonds. The van der Waals surface area contributed by atoms with Crippen LogP contribution in [0, 0.1) is 24.4 Å². The molecule has 1 aromatic heterocycles. The van der Waals surface area contributed by atoms with E-state index in [2.05, 4.69) is 10.2 Å². The first-order valence-electron chi connectivity index (χ1n) is 6.72. The van der Waals surface area contributed by atoms with Gasteiger partial charge in [0.25, 0.3) is 0 Å². The number of rotatable bonds is 2. The number of nitrogens with zero attached hydrogens (tertiary/aromatic N) is 2. The lowest BCUT2D eigenvalue weighted by atomic mass is 9.94. The van der Waals surface area contributed by atoms with Crippen molar-refractivity contribution in [1.29, 1.82) is 0 Å². The van der Waals surface area contributed by atoms with E-state index in [9.17, 15) is 13.2 Å². The molecular formula is C17H10ClF3N2. The Hall–Kier alpha value is -2.40. The number of aromatic nitrogens is 2. The fraction of sp³-hybridized carbons (Fsp3) is 0.0588. The minimum Gasteiger partial charge on any atom is -0.207 e. The largest absolute Gasteiger partial charge is 0.207 e. The van der Waals surface area contributed by atoms with Gasteiger partial charge in [0.05, 0.1) is 11.3 Å². The fourth-order valence-electron chi connectivity index (χ4n) is 2.47. The van der Waals surface area contributed by atoms with Crippen LogP contribution in [0.25, 0.3) is 22.3 Å². The molecular weight excluding hydrogens is 325 g/mol. The Labute approximate surface area is 135 Å². The van der Waals surface area contributed by atoms with Crippen molar-refractivity contribution >= 4 is 11.6 Å². The lowest BCUT2D eigenvalue weighted by Crippen LogP contribution is -2.01. The van der Waals surface area contributed by atoms with Gasteiger partial charge in [0.15, 0.2) is 5.15 Å². The Balaban J connectivity index is 2.40. The second-order valence-electron chi connectivity index (χ2n) is 4.94. The Bertz CT molecular complexity index is 860.